The third-order valence-corrected chi connectivity index (χ3v) is 2.68. The Morgan fingerprint density at radius 2 is 2.06 bits per heavy atom. The zero-order chi connectivity index (χ0) is 13.1. The standard InChI is InChI=1S/C11H19BrN2O3/c1-11(2,3)17-10(16)14-7-6-13(5-4-12)9(15)8-14/h4-8H2,1-3H3. The van der Waals surface area contributed by atoms with Crippen molar-refractivity contribution < 1.29 is 14.3 Å². The average Bonchev–Trinajstić information content (AvgIpc) is 2.18. The highest BCUT2D eigenvalue weighted by atomic mass is 79.9. The van der Waals surface area contributed by atoms with E-state index in [1.165, 1.54) is 4.90 Å². The Hall–Kier alpha value is -0.780. The fourth-order valence-electron chi connectivity index (χ4n) is 1.53. The molecule has 1 fully saturated rings. The van der Waals surface area contributed by atoms with Gasteiger partial charge in [-0.05, 0) is 20.8 Å². The highest BCUT2D eigenvalue weighted by molar-refractivity contribution is 9.09. The van der Waals surface area contributed by atoms with Gasteiger partial charge >= 0.3 is 6.09 Å². The number of piperazine rings is 1. The lowest BCUT2D eigenvalue weighted by molar-refractivity contribution is -0.135. The number of amides is 2. The number of rotatable bonds is 2. The second kappa shape index (κ2) is 5.71. The summed E-state index contributed by atoms with van der Waals surface area (Å²) in [5, 5.41) is 0.755. The van der Waals surface area contributed by atoms with Crippen LogP contribution in [-0.4, -0.2) is 58.9 Å². The first-order valence-electron chi connectivity index (χ1n) is 5.65. The van der Waals surface area contributed by atoms with Crippen LogP contribution in [0.1, 0.15) is 20.8 Å². The average molecular weight is 307 g/mol. The third kappa shape index (κ3) is 4.53. The molecular formula is C11H19BrN2O3. The van der Waals surface area contributed by atoms with Gasteiger partial charge in [-0.15, -0.1) is 0 Å². The first-order valence-corrected chi connectivity index (χ1v) is 6.77. The molecule has 98 valence electrons. The summed E-state index contributed by atoms with van der Waals surface area (Å²) < 4.78 is 5.23. The largest absolute Gasteiger partial charge is 0.444 e. The summed E-state index contributed by atoms with van der Waals surface area (Å²) in [6, 6.07) is 0. The van der Waals surface area contributed by atoms with Gasteiger partial charge in [0.1, 0.15) is 12.1 Å². The third-order valence-electron chi connectivity index (χ3n) is 2.32. The Morgan fingerprint density at radius 3 is 2.53 bits per heavy atom. The van der Waals surface area contributed by atoms with Crippen molar-refractivity contribution in [2.75, 3.05) is 31.5 Å². The van der Waals surface area contributed by atoms with Crippen LogP contribution >= 0.6 is 15.9 Å². The van der Waals surface area contributed by atoms with Crippen molar-refractivity contribution >= 4 is 27.9 Å². The van der Waals surface area contributed by atoms with E-state index in [9.17, 15) is 9.59 Å². The van der Waals surface area contributed by atoms with Crippen molar-refractivity contribution in [1.29, 1.82) is 0 Å². The van der Waals surface area contributed by atoms with Gasteiger partial charge in [0.15, 0.2) is 0 Å². The maximum absolute atomic E-state index is 11.7. The SMILES string of the molecule is CC(C)(C)OC(=O)N1CCN(CCBr)C(=O)C1. The molecule has 17 heavy (non-hydrogen) atoms. The molecule has 0 unspecified atom stereocenters. The van der Waals surface area contributed by atoms with Gasteiger partial charge in [-0.25, -0.2) is 4.79 Å². The maximum Gasteiger partial charge on any atom is 0.410 e. The molecule has 6 heteroatoms. The van der Waals surface area contributed by atoms with E-state index in [4.69, 9.17) is 4.74 Å². The lowest BCUT2D eigenvalue weighted by Gasteiger charge is -2.34. The molecule has 0 aromatic heterocycles. The lowest BCUT2D eigenvalue weighted by atomic mass is 10.2. The molecule has 1 rings (SSSR count). The van der Waals surface area contributed by atoms with Crippen molar-refractivity contribution in [1.82, 2.24) is 9.80 Å². The lowest BCUT2D eigenvalue weighted by Crippen LogP contribution is -2.53. The summed E-state index contributed by atoms with van der Waals surface area (Å²) in [5.74, 6) is -0.0263. The van der Waals surface area contributed by atoms with Crippen LogP contribution in [0.3, 0.4) is 0 Å². The van der Waals surface area contributed by atoms with Gasteiger partial charge in [0.25, 0.3) is 0 Å². The van der Waals surface area contributed by atoms with Crippen molar-refractivity contribution in [2.45, 2.75) is 26.4 Å². The fourth-order valence-corrected chi connectivity index (χ4v) is 1.96. The minimum absolute atomic E-state index is 0.0263. The molecule has 0 aliphatic carbocycles. The number of hydrogen-bond acceptors (Lipinski definition) is 3. The number of alkyl halides is 1. The topological polar surface area (TPSA) is 49.9 Å². The van der Waals surface area contributed by atoms with Gasteiger partial charge in [0, 0.05) is 25.0 Å². The second-order valence-electron chi connectivity index (χ2n) is 4.97. The minimum Gasteiger partial charge on any atom is -0.444 e. The van der Waals surface area contributed by atoms with E-state index in [-0.39, 0.29) is 12.5 Å². The van der Waals surface area contributed by atoms with Crippen LogP contribution in [0.2, 0.25) is 0 Å². The Labute approximate surface area is 110 Å². The number of hydrogen-bond donors (Lipinski definition) is 0. The molecule has 0 N–H and O–H groups in total. The van der Waals surface area contributed by atoms with E-state index in [0.717, 1.165) is 5.33 Å². The molecular weight excluding hydrogens is 288 g/mol. The molecule has 2 amide bonds. The highest BCUT2D eigenvalue weighted by Gasteiger charge is 2.29. The predicted octanol–water partition coefficient (Wildman–Crippen LogP) is 1.46. The summed E-state index contributed by atoms with van der Waals surface area (Å²) in [7, 11) is 0. The van der Waals surface area contributed by atoms with Crippen LogP contribution in [0, 0.1) is 0 Å². The van der Waals surface area contributed by atoms with Crippen molar-refractivity contribution in [2.24, 2.45) is 0 Å². The van der Waals surface area contributed by atoms with Crippen molar-refractivity contribution in [3.63, 3.8) is 0 Å². The van der Waals surface area contributed by atoms with Crippen LogP contribution in [0.5, 0.6) is 0 Å². The summed E-state index contributed by atoms with van der Waals surface area (Å²) in [6.45, 7) is 7.34. The second-order valence-corrected chi connectivity index (χ2v) is 5.76. The number of carbonyl (C=O) groups is 2. The molecule has 1 aliphatic rings. The molecule has 1 heterocycles. The van der Waals surface area contributed by atoms with E-state index in [1.54, 1.807) is 4.90 Å². The number of carbonyl (C=O) groups excluding carboxylic acids is 2. The normalized spacial score (nSPS) is 17.3. The van der Waals surface area contributed by atoms with Crippen molar-refractivity contribution in [3.8, 4) is 0 Å². The minimum atomic E-state index is -0.521. The summed E-state index contributed by atoms with van der Waals surface area (Å²) >= 11 is 3.30. The van der Waals surface area contributed by atoms with Crippen LogP contribution in [0.4, 0.5) is 4.79 Å². The molecule has 0 saturated carbocycles. The van der Waals surface area contributed by atoms with E-state index >= 15 is 0 Å². The summed E-state index contributed by atoms with van der Waals surface area (Å²) in [5.41, 5.74) is -0.521. The molecule has 1 saturated heterocycles. The van der Waals surface area contributed by atoms with E-state index in [2.05, 4.69) is 15.9 Å². The fraction of sp³-hybridized carbons (Fsp3) is 0.818. The monoisotopic (exact) mass is 306 g/mol. The van der Waals surface area contributed by atoms with E-state index < -0.39 is 11.7 Å². The number of ether oxygens (including phenoxy) is 1. The summed E-state index contributed by atoms with van der Waals surface area (Å²) in [6.07, 6.45) is -0.413. The zero-order valence-corrected chi connectivity index (χ0v) is 12.1. The first-order chi connectivity index (χ1) is 7.83. The molecule has 0 aromatic rings. The van der Waals surface area contributed by atoms with Crippen LogP contribution in [0.15, 0.2) is 0 Å². The van der Waals surface area contributed by atoms with Crippen LogP contribution in [0.25, 0.3) is 0 Å². The number of nitrogens with zero attached hydrogens (tertiary/aromatic N) is 2. The zero-order valence-electron chi connectivity index (χ0n) is 10.5. The predicted molar refractivity (Wildman–Crippen MR) is 68.2 cm³/mol. The molecule has 0 radical (unpaired) electrons. The molecule has 0 atom stereocenters. The summed E-state index contributed by atoms with van der Waals surface area (Å²) in [4.78, 5) is 26.7. The van der Waals surface area contributed by atoms with Gasteiger partial charge in [0.05, 0.1) is 0 Å². The smallest absolute Gasteiger partial charge is 0.410 e. The molecule has 5 nitrogen and oxygen atoms in total. The van der Waals surface area contributed by atoms with Gasteiger partial charge in [-0.2, -0.15) is 0 Å². The molecule has 0 bridgehead atoms. The van der Waals surface area contributed by atoms with Crippen molar-refractivity contribution in [3.05, 3.63) is 0 Å². The first kappa shape index (κ1) is 14.3. The van der Waals surface area contributed by atoms with Gasteiger partial charge in [-0.1, -0.05) is 15.9 Å². The quantitative estimate of drug-likeness (QED) is 0.726. The number of halogens is 1. The maximum atomic E-state index is 11.7. The van der Waals surface area contributed by atoms with Crippen LogP contribution < -0.4 is 0 Å². The highest BCUT2D eigenvalue weighted by Crippen LogP contribution is 2.12. The Bertz CT molecular complexity index is 302. The molecule has 1 aliphatic heterocycles. The molecule has 0 aromatic carbocycles. The van der Waals surface area contributed by atoms with Gasteiger partial charge < -0.3 is 9.64 Å². The van der Waals surface area contributed by atoms with E-state index in [0.29, 0.717) is 19.6 Å². The van der Waals surface area contributed by atoms with Gasteiger partial charge in [-0.3, -0.25) is 9.69 Å². The van der Waals surface area contributed by atoms with Crippen LogP contribution in [-0.2, 0) is 9.53 Å². The Balaban J connectivity index is 2.49. The van der Waals surface area contributed by atoms with E-state index in [1.807, 2.05) is 20.8 Å². The Kier molecular flexibility index (Phi) is 4.80. The molecule has 0 spiro atoms. The van der Waals surface area contributed by atoms with Gasteiger partial charge in [0.2, 0.25) is 5.91 Å². The Morgan fingerprint density at radius 1 is 1.41 bits per heavy atom.